The Morgan fingerprint density at radius 3 is 3.10 bits per heavy atom. The number of morpholine rings is 1. The molecule has 108 valence electrons. The Labute approximate surface area is 120 Å². The van der Waals surface area contributed by atoms with Crippen molar-refractivity contribution >= 4 is 17.5 Å². The van der Waals surface area contributed by atoms with E-state index < -0.39 is 0 Å². The van der Waals surface area contributed by atoms with Crippen molar-refractivity contribution in [1.29, 1.82) is 0 Å². The minimum atomic E-state index is -0.336. The molecular weight excluding hydrogens is 286 g/mol. The Bertz CT molecular complexity index is 536. The number of carbonyl (C=O) groups is 1. The van der Waals surface area contributed by atoms with Gasteiger partial charge in [-0.25, -0.2) is 0 Å². The van der Waals surface area contributed by atoms with Crippen LogP contribution < -0.4 is 9.47 Å². The number of benzene rings is 1. The Balaban J connectivity index is 1.82. The maximum Gasteiger partial charge on any atom is 0.254 e. The van der Waals surface area contributed by atoms with E-state index in [4.69, 9.17) is 30.9 Å². The minimum Gasteiger partial charge on any atom is -0.454 e. The summed E-state index contributed by atoms with van der Waals surface area (Å²) in [6.07, 6.45) is -0.336. The van der Waals surface area contributed by atoms with Crippen LogP contribution in [0.2, 0.25) is 5.02 Å². The normalized spacial score (nSPS) is 21.1. The zero-order valence-corrected chi connectivity index (χ0v) is 11.4. The van der Waals surface area contributed by atoms with E-state index >= 15 is 0 Å². The summed E-state index contributed by atoms with van der Waals surface area (Å²) in [6, 6.07) is 3.20. The molecule has 0 aliphatic carbocycles. The molecule has 3 rings (SSSR count). The Hall–Kier alpha value is -1.50. The van der Waals surface area contributed by atoms with Gasteiger partial charge in [-0.2, -0.15) is 0 Å². The van der Waals surface area contributed by atoms with Gasteiger partial charge in [-0.3, -0.25) is 4.79 Å². The van der Waals surface area contributed by atoms with Gasteiger partial charge in [-0.05, 0) is 12.1 Å². The first-order valence-electron chi connectivity index (χ1n) is 6.30. The van der Waals surface area contributed by atoms with Crippen LogP contribution in [0.3, 0.4) is 0 Å². The zero-order valence-electron chi connectivity index (χ0n) is 10.7. The molecule has 2 aliphatic rings. The van der Waals surface area contributed by atoms with Crippen LogP contribution in [0.25, 0.3) is 0 Å². The fraction of sp³-hybridized carbons (Fsp3) is 0.462. The second-order valence-corrected chi connectivity index (χ2v) is 5.03. The number of carbonyl (C=O) groups excluding carboxylic acids is 1. The molecule has 6 nitrogen and oxygen atoms in total. The summed E-state index contributed by atoms with van der Waals surface area (Å²) in [5, 5.41) is 9.47. The standard InChI is InChI=1S/C13H14ClNO5/c14-10-3-8(4-11-12(10)20-7-19-11)13(17)15-1-2-18-9(5-15)6-16/h3-4,9,16H,1-2,5-7H2. The Morgan fingerprint density at radius 1 is 1.45 bits per heavy atom. The van der Waals surface area contributed by atoms with E-state index in [2.05, 4.69) is 0 Å². The molecule has 1 fully saturated rings. The monoisotopic (exact) mass is 299 g/mol. The number of hydrogen-bond acceptors (Lipinski definition) is 5. The van der Waals surface area contributed by atoms with E-state index in [0.717, 1.165) is 0 Å². The highest BCUT2D eigenvalue weighted by molar-refractivity contribution is 6.32. The Kier molecular flexibility index (Phi) is 3.69. The molecule has 1 aromatic rings. The van der Waals surface area contributed by atoms with Gasteiger partial charge in [0.2, 0.25) is 6.79 Å². The third kappa shape index (κ3) is 2.42. The molecule has 7 heteroatoms. The smallest absolute Gasteiger partial charge is 0.254 e. The van der Waals surface area contributed by atoms with Crippen molar-refractivity contribution in [3.8, 4) is 11.5 Å². The summed E-state index contributed by atoms with van der Waals surface area (Å²) in [5.74, 6) is 0.790. The molecule has 1 amide bonds. The first-order chi connectivity index (χ1) is 9.69. The fourth-order valence-electron chi connectivity index (χ4n) is 2.29. The summed E-state index contributed by atoms with van der Waals surface area (Å²) in [6.45, 7) is 1.26. The third-order valence-electron chi connectivity index (χ3n) is 3.30. The number of nitrogens with zero attached hydrogens (tertiary/aromatic N) is 1. The van der Waals surface area contributed by atoms with Gasteiger partial charge in [0.25, 0.3) is 5.91 Å². The quantitative estimate of drug-likeness (QED) is 0.879. The molecule has 1 N–H and O–H groups in total. The van der Waals surface area contributed by atoms with Gasteiger partial charge in [0.05, 0.1) is 24.3 Å². The predicted molar refractivity (Wildman–Crippen MR) is 70.3 cm³/mol. The molecule has 20 heavy (non-hydrogen) atoms. The molecule has 0 aromatic heterocycles. The van der Waals surface area contributed by atoms with Crippen LogP contribution in [-0.2, 0) is 4.74 Å². The number of aliphatic hydroxyl groups is 1. The second kappa shape index (κ2) is 5.47. The minimum absolute atomic E-state index is 0.105. The van der Waals surface area contributed by atoms with Gasteiger partial charge in [-0.15, -0.1) is 0 Å². The van der Waals surface area contributed by atoms with Crippen molar-refractivity contribution in [1.82, 2.24) is 4.90 Å². The van der Waals surface area contributed by atoms with Crippen LogP contribution in [0, 0.1) is 0 Å². The maximum atomic E-state index is 12.4. The number of rotatable bonds is 2. The molecular formula is C13H14ClNO5. The van der Waals surface area contributed by atoms with Crippen LogP contribution in [0.1, 0.15) is 10.4 Å². The molecule has 0 radical (unpaired) electrons. The van der Waals surface area contributed by atoms with E-state index in [1.54, 1.807) is 17.0 Å². The topological polar surface area (TPSA) is 68.2 Å². The van der Waals surface area contributed by atoms with Crippen molar-refractivity contribution < 1.29 is 24.1 Å². The molecule has 1 saturated heterocycles. The van der Waals surface area contributed by atoms with Crippen molar-refractivity contribution in [2.75, 3.05) is 33.1 Å². The molecule has 1 atom stereocenters. The highest BCUT2D eigenvalue weighted by atomic mass is 35.5. The molecule has 0 saturated carbocycles. The molecule has 2 heterocycles. The van der Waals surface area contributed by atoms with Gasteiger partial charge in [0.1, 0.15) is 0 Å². The average molecular weight is 300 g/mol. The van der Waals surface area contributed by atoms with Gasteiger partial charge in [0.15, 0.2) is 11.5 Å². The lowest BCUT2D eigenvalue weighted by atomic mass is 10.1. The number of halogens is 1. The van der Waals surface area contributed by atoms with E-state index in [0.29, 0.717) is 41.8 Å². The first-order valence-corrected chi connectivity index (χ1v) is 6.67. The average Bonchev–Trinajstić information content (AvgIpc) is 2.95. The predicted octanol–water partition coefficient (Wildman–Crippen LogP) is 0.902. The number of aliphatic hydroxyl groups excluding tert-OH is 1. The van der Waals surface area contributed by atoms with Crippen LogP contribution in [0.5, 0.6) is 11.5 Å². The molecule has 2 aliphatic heterocycles. The number of ether oxygens (including phenoxy) is 3. The van der Waals surface area contributed by atoms with Gasteiger partial charge < -0.3 is 24.2 Å². The van der Waals surface area contributed by atoms with E-state index in [-0.39, 0.29) is 25.4 Å². The lowest BCUT2D eigenvalue weighted by Crippen LogP contribution is -2.46. The molecule has 1 unspecified atom stereocenters. The maximum absolute atomic E-state index is 12.4. The molecule has 1 aromatic carbocycles. The van der Waals surface area contributed by atoms with Gasteiger partial charge >= 0.3 is 0 Å². The van der Waals surface area contributed by atoms with E-state index in [9.17, 15) is 4.79 Å². The zero-order chi connectivity index (χ0) is 14.1. The highest BCUT2D eigenvalue weighted by Gasteiger charge is 2.27. The third-order valence-corrected chi connectivity index (χ3v) is 3.58. The van der Waals surface area contributed by atoms with Crippen LogP contribution in [0.4, 0.5) is 0 Å². The van der Waals surface area contributed by atoms with Crippen molar-refractivity contribution in [3.63, 3.8) is 0 Å². The van der Waals surface area contributed by atoms with Crippen LogP contribution >= 0.6 is 11.6 Å². The van der Waals surface area contributed by atoms with Crippen LogP contribution in [0.15, 0.2) is 12.1 Å². The SMILES string of the molecule is O=C(c1cc(Cl)c2c(c1)OCO2)N1CCOC(CO)C1. The summed E-state index contributed by atoms with van der Waals surface area (Å²) < 4.78 is 15.8. The highest BCUT2D eigenvalue weighted by Crippen LogP contribution is 2.40. The molecule has 0 spiro atoms. The van der Waals surface area contributed by atoms with Crippen molar-refractivity contribution in [2.24, 2.45) is 0 Å². The van der Waals surface area contributed by atoms with Crippen LogP contribution in [-0.4, -0.2) is 55.1 Å². The van der Waals surface area contributed by atoms with Crippen molar-refractivity contribution in [2.45, 2.75) is 6.10 Å². The number of fused-ring (bicyclic) bond motifs is 1. The first kappa shape index (κ1) is 13.5. The largest absolute Gasteiger partial charge is 0.454 e. The van der Waals surface area contributed by atoms with Crippen molar-refractivity contribution in [3.05, 3.63) is 22.7 Å². The van der Waals surface area contributed by atoms with Gasteiger partial charge in [0, 0.05) is 18.7 Å². The fourth-order valence-corrected chi connectivity index (χ4v) is 2.55. The van der Waals surface area contributed by atoms with E-state index in [1.165, 1.54) is 0 Å². The summed E-state index contributed by atoms with van der Waals surface area (Å²) in [4.78, 5) is 14.1. The number of hydrogen-bond donors (Lipinski definition) is 1. The lowest BCUT2D eigenvalue weighted by molar-refractivity contribution is -0.0447. The second-order valence-electron chi connectivity index (χ2n) is 4.62. The lowest BCUT2D eigenvalue weighted by Gasteiger charge is -2.32. The van der Waals surface area contributed by atoms with E-state index in [1.807, 2.05) is 0 Å². The molecule has 0 bridgehead atoms. The number of amides is 1. The Morgan fingerprint density at radius 2 is 2.30 bits per heavy atom. The summed E-state index contributed by atoms with van der Waals surface area (Å²) >= 11 is 6.07. The summed E-state index contributed by atoms with van der Waals surface area (Å²) in [5.41, 5.74) is 0.442. The van der Waals surface area contributed by atoms with Gasteiger partial charge in [-0.1, -0.05) is 11.6 Å². The summed E-state index contributed by atoms with van der Waals surface area (Å²) in [7, 11) is 0.